The molecular formula is C17H31N3. The highest BCUT2D eigenvalue weighted by Gasteiger charge is 2.24. The Labute approximate surface area is 124 Å². The summed E-state index contributed by atoms with van der Waals surface area (Å²) < 4.78 is 2.31. The highest BCUT2D eigenvalue weighted by Crippen LogP contribution is 2.30. The maximum Gasteiger partial charge on any atom is 0.108 e. The topological polar surface area (TPSA) is 29.9 Å². The van der Waals surface area contributed by atoms with Crippen molar-refractivity contribution in [3.05, 3.63) is 18.2 Å². The van der Waals surface area contributed by atoms with Crippen LogP contribution in [0.2, 0.25) is 0 Å². The van der Waals surface area contributed by atoms with Crippen LogP contribution in [0, 0.1) is 11.8 Å². The predicted molar refractivity (Wildman–Crippen MR) is 84.8 cm³/mol. The molecule has 0 radical (unpaired) electrons. The van der Waals surface area contributed by atoms with Gasteiger partial charge in [0.1, 0.15) is 5.82 Å². The lowest BCUT2D eigenvalue weighted by Crippen LogP contribution is -2.30. The Balaban J connectivity index is 1.96. The minimum atomic E-state index is 0.814. The van der Waals surface area contributed by atoms with E-state index in [0.717, 1.165) is 24.9 Å². The SMILES string of the molecule is CCCNCC1CCCCCC1Cc1nccn1CC. The van der Waals surface area contributed by atoms with E-state index in [2.05, 4.69) is 34.9 Å². The number of nitrogens with one attached hydrogen (secondary N) is 1. The van der Waals surface area contributed by atoms with Gasteiger partial charge in [-0.3, -0.25) is 0 Å². The zero-order valence-corrected chi connectivity index (χ0v) is 13.3. The number of aryl methyl sites for hydroxylation is 1. The maximum absolute atomic E-state index is 4.59. The van der Waals surface area contributed by atoms with Gasteiger partial charge in [0.05, 0.1) is 0 Å². The summed E-state index contributed by atoms with van der Waals surface area (Å²) in [5.41, 5.74) is 0. The number of aromatic nitrogens is 2. The van der Waals surface area contributed by atoms with Crippen LogP contribution in [0.5, 0.6) is 0 Å². The van der Waals surface area contributed by atoms with Crippen LogP contribution in [0.25, 0.3) is 0 Å². The lowest BCUT2D eigenvalue weighted by molar-refractivity contribution is 0.292. The molecule has 1 aromatic rings. The number of imidazole rings is 1. The first kappa shape index (κ1) is 15.6. The van der Waals surface area contributed by atoms with Crippen molar-refractivity contribution >= 4 is 0 Å². The fourth-order valence-corrected chi connectivity index (χ4v) is 3.52. The molecule has 0 amide bonds. The first-order chi connectivity index (χ1) is 9.85. The number of hydrogen-bond acceptors (Lipinski definition) is 2. The Morgan fingerprint density at radius 3 is 2.75 bits per heavy atom. The van der Waals surface area contributed by atoms with Crippen molar-refractivity contribution < 1.29 is 0 Å². The average Bonchev–Trinajstić information content (AvgIpc) is 2.79. The molecule has 0 saturated heterocycles. The zero-order chi connectivity index (χ0) is 14.2. The summed E-state index contributed by atoms with van der Waals surface area (Å²) in [6, 6.07) is 0. The molecular weight excluding hydrogens is 246 g/mol. The van der Waals surface area contributed by atoms with Crippen molar-refractivity contribution in [1.29, 1.82) is 0 Å². The zero-order valence-electron chi connectivity index (χ0n) is 13.3. The Kier molecular flexibility index (Phi) is 6.58. The minimum absolute atomic E-state index is 0.814. The van der Waals surface area contributed by atoms with Gasteiger partial charge >= 0.3 is 0 Å². The molecule has 2 rings (SSSR count). The summed E-state index contributed by atoms with van der Waals surface area (Å²) in [7, 11) is 0. The van der Waals surface area contributed by atoms with Crippen molar-refractivity contribution in [3.8, 4) is 0 Å². The van der Waals surface area contributed by atoms with Crippen LogP contribution in [-0.4, -0.2) is 22.6 Å². The molecule has 3 nitrogen and oxygen atoms in total. The largest absolute Gasteiger partial charge is 0.335 e. The molecule has 0 bridgehead atoms. The van der Waals surface area contributed by atoms with E-state index in [1.54, 1.807) is 0 Å². The molecule has 1 aliphatic carbocycles. The number of hydrogen-bond donors (Lipinski definition) is 1. The van der Waals surface area contributed by atoms with Crippen LogP contribution in [0.4, 0.5) is 0 Å². The van der Waals surface area contributed by atoms with E-state index in [9.17, 15) is 0 Å². The second-order valence-corrected chi connectivity index (χ2v) is 6.20. The molecule has 3 heteroatoms. The van der Waals surface area contributed by atoms with E-state index < -0.39 is 0 Å². The molecule has 0 spiro atoms. The monoisotopic (exact) mass is 277 g/mol. The molecule has 1 heterocycles. The van der Waals surface area contributed by atoms with Gasteiger partial charge in [0.2, 0.25) is 0 Å². The van der Waals surface area contributed by atoms with Gasteiger partial charge in [-0.2, -0.15) is 0 Å². The second-order valence-electron chi connectivity index (χ2n) is 6.20. The molecule has 1 aliphatic rings. The van der Waals surface area contributed by atoms with Gasteiger partial charge in [-0.15, -0.1) is 0 Å². The summed E-state index contributed by atoms with van der Waals surface area (Å²) in [6.45, 7) is 7.85. The molecule has 1 fully saturated rings. The maximum atomic E-state index is 4.59. The van der Waals surface area contributed by atoms with Crippen molar-refractivity contribution in [2.24, 2.45) is 11.8 Å². The smallest absolute Gasteiger partial charge is 0.108 e. The first-order valence-electron chi connectivity index (χ1n) is 8.55. The predicted octanol–water partition coefficient (Wildman–Crippen LogP) is 3.64. The lowest BCUT2D eigenvalue weighted by atomic mass is 9.85. The van der Waals surface area contributed by atoms with Crippen LogP contribution >= 0.6 is 0 Å². The minimum Gasteiger partial charge on any atom is -0.335 e. The van der Waals surface area contributed by atoms with Gasteiger partial charge in [-0.1, -0.05) is 26.2 Å². The van der Waals surface area contributed by atoms with Gasteiger partial charge in [0, 0.05) is 25.4 Å². The van der Waals surface area contributed by atoms with Crippen LogP contribution in [0.3, 0.4) is 0 Å². The molecule has 2 unspecified atom stereocenters. The van der Waals surface area contributed by atoms with E-state index in [4.69, 9.17) is 0 Å². The summed E-state index contributed by atoms with van der Waals surface area (Å²) in [5.74, 6) is 2.94. The Morgan fingerprint density at radius 2 is 2.00 bits per heavy atom. The second kappa shape index (κ2) is 8.46. The van der Waals surface area contributed by atoms with Crippen LogP contribution in [0.15, 0.2) is 12.4 Å². The Hall–Kier alpha value is -0.830. The summed E-state index contributed by atoms with van der Waals surface area (Å²) in [5, 5.41) is 3.64. The van der Waals surface area contributed by atoms with E-state index >= 15 is 0 Å². The normalized spacial score (nSPS) is 23.7. The van der Waals surface area contributed by atoms with Gasteiger partial charge < -0.3 is 9.88 Å². The number of nitrogens with zero attached hydrogens (tertiary/aromatic N) is 2. The van der Waals surface area contributed by atoms with Crippen LogP contribution in [0.1, 0.15) is 58.2 Å². The number of rotatable bonds is 7. The molecule has 0 aromatic carbocycles. The molecule has 1 N–H and O–H groups in total. The fraction of sp³-hybridized carbons (Fsp3) is 0.824. The third-order valence-electron chi connectivity index (χ3n) is 4.74. The molecule has 114 valence electrons. The molecule has 1 aromatic heterocycles. The summed E-state index contributed by atoms with van der Waals surface area (Å²) in [6.07, 6.45) is 13.5. The van der Waals surface area contributed by atoms with Gasteiger partial charge in [-0.05, 0) is 51.1 Å². The summed E-state index contributed by atoms with van der Waals surface area (Å²) in [4.78, 5) is 4.59. The molecule has 1 saturated carbocycles. The van der Waals surface area contributed by atoms with E-state index in [1.807, 2.05) is 6.20 Å². The standard InChI is InChI=1S/C17H31N3/c1-3-10-18-14-16-9-7-5-6-8-15(16)13-17-19-11-12-20(17)4-2/h11-12,15-16,18H,3-10,13-14H2,1-2H3. The quantitative estimate of drug-likeness (QED) is 0.609. The Bertz CT molecular complexity index is 372. The summed E-state index contributed by atoms with van der Waals surface area (Å²) >= 11 is 0. The third-order valence-corrected chi connectivity index (χ3v) is 4.74. The fourth-order valence-electron chi connectivity index (χ4n) is 3.52. The highest BCUT2D eigenvalue weighted by atomic mass is 15.1. The lowest BCUT2D eigenvalue weighted by Gasteiger charge is -2.25. The van der Waals surface area contributed by atoms with Crippen molar-refractivity contribution in [3.63, 3.8) is 0 Å². The van der Waals surface area contributed by atoms with E-state index in [1.165, 1.54) is 57.3 Å². The van der Waals surface area contributed by atoms with Crippen molar-refractivity contribution in [1.82, 2.24) is 14.9 Å². The Morgan fingerprint density at radius 1 is 1.20 bits per heavy atom. The average molecular weight is 277 g/mol. The highest BCUT2D eigenvalue weighted by molar-refractivity contribution is 4.95. The third kappa shape index (κ3) is 4.34. The van der Waals surface area contributed by atoms with Gasteiger partial charge in [0.25, 0.3) is 0 Å². The van der Waals surface area contributed by atoms with Crippen molar-refractivity contribution in [2.75, 3.05) is 13.1 Å². The van der Waals surface area contributed by atoms with Crippen LogP contribution in [-0.2, 0) is 13.0 Å². The first-order valence-corrected chi connectivity index (χ1v) is 8.55. The molecule has 2 atom stereocenters. The molecule has 0 aliphatic heterocycles. The van der Waals surface area contributed by atoms with E-state index in [0.29, 0.717) is 0 Å². The van der Waals surface area contributed by atoms with Crippen LogP contribution < -0.4 is 5.32 Å². The van der Waals surface area contributed by atoms with Gasteiger partial charge in [-0.25, -0.2) is 4.98 Å². The molecule has 20 heavy (non-hydrogen) atoms. The van der Waals surface area contributed by atoms with E-state index in [-0.39, 0.29) is 0 Å². The van der Waals surface area contributed by atoms with Crippen molar-refractivity contribution in [2.45, 2.75) is 65.3 Å². The van der Waals surface area contributed by atoms with Gasteiger partial charge in [0.15, 0.2) is 0 Å².